The van der Waals surface area contributed by atoms with Crippen LogP contribution in [0, 0.1) is 0 Å². The van der Waals surface area contributed by atoms with Gasteiger partial charge in [0.2, 0.25) is 0 Å². The van der Waals surface area contributed by atoms with Crippen molar-refractivity contribution in [1.82, 2.24) is 29.1 Å². The minimum atomic E-state index is -4.38. The molecule has 2 fully saturated rings. The van der Waals surface area contributed by atoms with Crippen molar-refractivity contribution in [3.05, 3.63) is 45.8 Å². The number of H-pyrrole nitrogens is 1. The Labute approximate surface area is 269 Å². The summed E-state index contributed by atoms with van der Waals surface area (Å²) in [5.41, 5.74) is 5.13. The van der Waals surface area contributed by atoms with E-state index in [0.717, 1.165) is 10.6 Å². The number of anilines is 1. The number of hydrogen-bond acceptors (Lipinski definition) is 18. The third-order valence-corrected chi connectivity index (χ3v) is 10.5. The van der Waals surface area contributed by atoms with Gasteiger partial charge in [0.05, 0.1) is 31.7 Å². The molecule has 8 atom stereocenters. The number of ether oxygens (including phenoxy) is 5. The highest BCUT2D eigenvalue weighted by molar-refractivity contribution is 8.55. The van der Waals surface area contributed by atoms with Crippen molar-refractivity contribution in [2.24, 2.45) is 0 Å². The number of methoxy groups -OCH3 is 1. The lowest BCUT2D eigenvalue weighted by Gasteiger charge is -2.28. The van der Waals surface area contributed by atoms with Crippen LogP contribution >= 0.6 is 18.2 Å². The molecule has 0 radical (unpaired) electrons. The largest absolute Gasteiger partial charge is 0.509 e. The zero-order valence-electron chi connectivity index (χ0n) is 25.3. The summed E-state index contributed by atoms with van der Waals surface area (Å²) >= 11 is 0.476. The second-order valence-electron chi connectivity index (χ2n) is 10.6. The Bertz CT molecular complexity index is 1720. The number of nitrogens with zero attached hydrogens (tertiary/aromatic N) is 5. The number of carbonyl (C=O) groups is 1. The summed E-state index contributed by atoms with van der Waals surface area (Å²) in [4.78, 5) is 50.5. The first kappa shape index (κ1) is 34.9. The molecule has 5 heterocycles. The number of aliphatic hydroxyl groups is 2. The molecule has 258 valence electrons. The van der Waals surface area contributed by atoms with Gasteiger partial charge in [0.15, 0.2) is 23.6 Å². The average molecular weight is 704 g/mol. The first-order chi connectivity index (χ1) is 22.4. The first-order valence-electron chi connectivity index (χ1n) is 14.2. The molecule has 22 heteroatoms. The van der Waals surface area contributed by atoms with E-state index in [0.29, 0.717) is 22.5 Å². The summed E-state index contributed by atoms with van der Waals surface area (Å²) in [7, 11) is 1.28. The van der Waals surface area contributed by atoms with E-state index in [1.165, 1.54) is 26.0 Å². The van der Waals surface area contributed by atoms with Crippen molar-refractivity contribution >= 4 is 41.3 Å². The van der Waals surface area contributed by atoms with Crippen LogP contribution in [0.1, 0.15) is 32.7 Å². The highest BCUT2D eigenvalue weighted by atomic mass is 32.7. The lowest BCUT2D eigenvalue weighted by atomic mass is 10.1. The Morgan fingerprint density at radius 1 is 1.21 bits per heavy atom. The van der Waals surface area contributed by atoms with Gasteiger partial charge in [0, 0.05) is 37.2 Å². The molecule has 20 nitrogen and oxygen atoms in total. The first-order valence-corrected chi connectivity index (χ1v) is 17.3. The molecule has 5 N–H and O–H groups in total. The number of nitrogens with two attached hydrogens (primary N) is 1. The van der Waals surface area contributed by atoms with E-state index in [1.807, 2.05) is 0 Å². The highest BCUT2D eigenvalue weighted by Gasteiger charge is 2.51. The number of aromatic amines is 1. The number of hydrogen-bond donors (Lipinski definition) is 4. The maximum Gasteiger partial charge on any atom is 0.509 e. The Balaban J connectivity index is 1.34. The molecule has 47 heavy (non-hydrogen) atoms. The Morgan fingerprint density at radius 3 is 2.70 bits per heavy atom. The van der Waals surface area contributed by atoms with Crippen molar-refractivity contribution < 1.29 is 52.3 Å². The molecule has 0 aliphatic carbocycles. The molecule has 0 spiro atoms. The van der Waals surface area contributed by atoms with E-state index in [-0.39, 0.29) is 12.2 Å². The summed E-state index contributed by atoms with van der Waals surface area (Å²) < 4.78 is 55.8. The van der Waals surface area contributed by atoms with Crippen molar-refractivity contribution in [1.29, 1.82) is 0 Å². The maximum atomic E-state index is 14.2. The Kier molecular flexibility index (Phi) is 11.0. The fourth-order valence-electron chi connectivity index (χ4n) is 4.98. The van der Waals surface area contributed by atoms with Crippen LogP contribution < -0.4 is 17.0 Å². The van der Waals surface area contributed by atoms with Crippen LogP contribution in [0.25, 0.3) is 11.2 Å². The van der Waals surface area contributed by atoms with Gasteiger partial charge in [-0.3, -0.25) is 28.0 Å². The second-order valence-corrected chi connectivity index (χ2v) is 14.6. The fraction of sp³-hybridized carbons (Fsp3) is 0.600. The van der Waals surface area contributed by atoms with Gasteiger partial charge >= 0.3 is 18.6 Å². The molecule has 2 aliphatic heterocycles. The monoisotopic (exact) mass is 703 g/mol. The molecule has 0 bridgehead atoms. The topological polar surface area (TPSA) is 264 Å². The van der Waals surface area contributed by atoms with Crippen LogP contribution in [0.5, 0.6) is 0 Å². The van der Waals surface area contributed by atoms with E-state index in [4.69, 9.17) is 38.5 Å². The third kappa shape index (κ3) is 7.85. The zero-order chi connectivity index (χ0) is 33.9. The fourth-order valence-corrected chi connectivity index (χ4v) is 7.77. The number of imidazole rings is 1. The van der Waals surface area contributed by atoms with Gasteiger partial charge in [0.25, 0.3) is 5.56 Å². The summed E-state index contributed by atoms with van der Waals surface area (Å²) in [5.74, 6) is -0.375. The van der Waals surface area contributed by atoms with Crippen LogP contribution in [0.2, 0.25) is 0 Å². The lowest BCUT2D eigenvalue weighted by Crippen LogP contribution is -2.39. The van der Waals surface area contributed by atoms with E-state index in [2.05, 4.69) is 19.9 Å². The van der Waals surface area contributed by atoms with Crippen molar-refractivity contribution in [3.8, 4) is 0 Å². The van der Waals surface area contributed by atoms with Gasteiger partial charge < -0.3 is 39.6 Å². The molecular formula is C25H34N7O13PS. The smallest absolute Gasteiger partial charge is 0.432 e. The van der Waals surface area contributed by atoms with Gasteiger partial charge in [-0.2, -0.15) is 0 Å². The van der Waals surface area contributed by atoms with E-state index in [1.54, 1.807) is 18.4 Å². The number of aliphatic hydroxyl groups excluding tert-OH is 2. The maximum absolute atomic E-state index is 14.2. The van der Waals surface area contributed by atoms with Crippen molar-refractivity contribution in [2.45, 2.75) is 69.3 Å². The minimum Gasteiger partial charge on any atom is -0.432 e. The van der Waals surface area contributed by atoms with E-state index < -0.39 is 92.4 Å². The summed E-state index contributed by atoms with van der Waals surface area (Å²) in [6.45, 7) is -2.26. The number of carbonyl (C=O) groups excluding carboxylic acids is 1. The van der Waals surface area contributed by atoms with E-state index in [9.17, 15) is 29.2 Å². The molecule has 3 aromatic heterocycles. The number of rotatable bonds is 13. The average Bonchev–Trinajstić information content (AvgIpc) is 3.71. The molecule has 2 aliphatic rings. The standard InChI is InChI=1S/C25H34N7O13PS/c1-12(2)42-25(37)40-11-47-46(38,45-19-14(7-33)44-23(20(19)39-3)31-5-4-16(35)30-24(31)36)41-8-15-13(34)6-17(43-15)32-10-29-18-21(26)27-9-28-22(18)32/h4-5,9-10,12-15,17,19-20,23,33-34H,6-8,11H2,1-3H3,(H2,26,27,28)(H,30,35,36)/t13-,14+,15+,17+,19+,20+,23+,46+/m0/s1. The number of aromatic nitrogens is 6. The molecule has 5 rings (SSSR count). The molecule has 3 aromatic rings. The molecular weight excluding hydrogens is 669 g/mol. The molecule has 0 saturated carbocycles. The molecule has 0 unspecified atom stereocenters. The lowest BCUT2D eigenvalue weighted by molar-refractivity contribution is -0.0625. The van der Waals surface area contributed by atoms with Crippen LogP contribution in [-0.4, -0.2) is 108 Å². The third-order valence-electron chi connectivity index (χ3n) is 7.13. The van der Waals surface area contributed by atoms with Gasteiger partial charge in [-0.05, 0) is 13.8 Å². The van der Waals surface area contributed by atoms with Crippen molar-refractivity contribution in [2.75, 3.05) is 32.0 Å². The van der Waals surface area contributed by atoms with Gasteiger partial charge in [-0.15, -0.1) is 0 Å². The van der Waals surface area contributed by atoms with Crippen molar-refractivity contribution in [3.63, 3.8) is 0 Å². The predicted octanol–water partition coefficient (Wildman–Crippen LogP) is 0.274. The van der Waals surface area contributed by atoms with Crippen LogP contribution in [0.3, 0.4) is 0 Å². The minimum absolute atomic E-state index is 0.0935. The second kappa shape index (κ2) is 14.8. The van der Waals surface area contributed by atoms with Crippen LogP contribution in [-0.2, 0) is 37.3 Å². The quantitative estimate of drug-likeness (QED) is 0.106. The summed E-state index contributed by atoms with van der Waals surface area (Å²) in [6.07, 6.45) is -5.23. The number of fused-ring (bicyclic) bond motifs is 1. The number of nitrogens with one attached hydrogen (secondary N) is 1. The summed E-state index contributed by atoms with van der Waals surface area (Å²) in [6, 6.07) is 1.09. The predicted molar refractivity (Wildman–Crippen MR) is 161 cm³/mol. The Hall–Kier alpha value is -3.40. The van der Waals surface area contributed by atoms with Crippen LogP contribution in [0.4, 0.5) is 10.6 Å². The van der Waals surface area contributed by atoms with E-state index >= 15 is 0 Å². The summed E-state index contributed by atoms with van der Waals surface area (Å²) in [5, 5.41) is 20.9. The van der Waals surface area contributed by atoms with Crippen LogP contribution in [0.15, 0.2) is 34.5 Å². The molecule has 0 aromatic carbocycles. The zero-order valence-corrected chi connectivity index (χ0v) is 27.0. The Morgan fingerprint density at radius 2 is 2.00 bits per heavy atom. The highest BCUT2D eigenvalue weighted by Crippen LogP contribution is 2.63. The van der Waals surface area contributed by atoms with Gasteiger partial charge in [-0.1, -0.05) is 0 Å². The normalized spacial score (nSPS) is 27.3. The SMILES string of the molecule is CO[C@@H]1[C@H](O[P@@](=O)(OC[C@H]2O[C@@H](n3cnc4c(N)ncnc43)C[C@@H]2O)SCOC(=O)OC(C)C)[C@@H](CO)O[C@H]1n1ccc(=O)[nH]c1=O. The number of nitrogen functional groups attached to an aromatic ring is 1. The molecule has 2 saturated heterocycles. The molecule has 0 amide bonds. The van der Waals surface area contributed by atoms with Gasteiger partial charge in [0.1, 0.15) is 42.5 Å². The van der Waals surface area contributed by atoms with Gasteiger partial charge in [-0.25, -0.2) is 29.1 Å².